The smallest absolute Gasteiger partial charge is 0.314 e. The Morgan fingerprint density at radius 2 is 1.82 bits per heavy atom. The van der Waals surface area contributed by atoms with Gasteiger partial charge in [-0.2, -0.15) is 0 Å². The lowest BCUT2D eigenvalue weighted by Crippen LogP contribution is -2.41. The summed E-state index contributed by atoms with van der Waals surface area (Å²) >= 11 is 0. The van der Waals surface area contributed by atoms with Crippen LogP contribution in [0.15, 0.2) is 0 Å². The summed E-state index contributed by atoms with van der Waals surface area (Å²) in [6.07, 6.45) is 0.835. The van der Waals surface area contributed by atoms with Crippen molar-refractivity contribution in [2.24, 2.45) is 11.3 Å². The quantitative estimate of drug-likeness (QED) is 0.667. The first-order valence-corrected chi connectivity index (χ1v) is 5.98. The van der Waals surface area contributed by atoms with Gasteiger partial charge >= 0.3 is 12.0 Å². The fourth-order valence-corrected chi connectivity index (χ4v) is 1.25. The molecule has 0 spiro atoms. The van der Waals surface area contributed by atoms with Gasteiger partial charge in [0.05, 0.1) is 0 Å². The maximum Gasteiger partial charge on any atom is 0.314 e. The van der Waals surface area contributed by atoms with Crippen molar-refractivity contribution >= 4 is 12.0 Å². The average molecular weight is 244 g/mol. The number of rotatable bonds is 6. The average Bonchev–Trinajstić information content (AvgIpc) is 2.19. The maximum absolute atomic E-state index is 11.4. The van der Waals surface area contributed by atoms with Crippen LogP contribution in [0.4, 0.5) is 4.79 Å². The molecular weight excluding hydrogens is 220 g/mol. The van der Waals surface area contributed by atoms with Gasteiger partial charge in [-0.25, -0.2) is 4.79 Å². The largest absolute Gasteiger partial charge is 0.481 e. The molecule has 17 heavy (non-hydrogen) atoms. The molecule has 0 aromatic rings. The van der Waals surface area contributed by atoms with Gasteiger partial charge in [0.1, 0.15) is 0 Å². The number of urea groups is 1. The highest BCUT2D eigenvalue weighted by molar-refractivity contribution is 5.74. The number of hydrogen-bond acceptors (Lipinski definition) is 2. The molecule has 1 atom stereocenters. The number of aliphatic carboxylic acids is 1. The van der Waals surface area contributed by atoms with Crippen LogP contribution in [0.3, 0.4) is 0 Å². The third kappa shape index (κ3) is 9.66. The molecule has 2 amide bonds. The molecule has 5 nitrogen and oxygen atoms in total. The van der Waals surface area contributed by atoms with Crippen molar-refractivity contribution in [1.82, 2.24) is 10.6 Å². The molecule has 0 heterocycles. The van der Waals surface area contributed by atoms with Gasteiger partial charge in [-0.15, -0.1) is 0 Å². The molecule has 0 aliphatic heterocycles. The first-order chi connectivity index (χ1) is 7.74. The van der Waals surface area contributed by atoms with E-state index in [-0.39, 0.29) is 23.8 Å². The van der Waals surface area contributed by atoms with E-state index in [1.165, 1.54) is 0 Å². The Morgan fingerprint density at radius 3 is 2.24 bits per heavy atom. The Balaban J connectivity index is 3.85. The number of hydrogen-bond donors (Lipinski definition) is 3. The van der Waals surface area contributed by atoms with Crippen molar-refractivity contribution in [3.8, 4) is 0 Å². The second-order valence-corrected chi connectivity index (χ2v) is 5.50. The van der Waals surface area contributed by atoms with E-state index < -0.39 is 5.97 Å². The van der Waals surface area contributed by atoms with Gasteiger partial charge in [0.15, 0.2) is 0 Å². The summed E-state index contributed by atoms with van der Waals surface area (Å²) in [7, 11) is 0. The highest BCUT2D eigenvalue weighted by atomic mass is 16.4. The molecule has 0 aliphatic rings. The first-order valence-electron chi connectivity index (χ1n) is 5.98. The molecular formula is C12H24N2O3. The molecule has 3 N–H and O–H groups in total. The molecule has 0 bridgehead atoms. The molecule has 0 rings (SSSR count). The van der Waals surface area contributed by atoms with Crippen LogP contribution in [0.5, 0.6) is 0 Å². The van der Waals surface area contributed by atoms with E-state index in [4.69, 9.17) is 5.11 Å². The van der Waals surface area contributed by atoms with Crippen LogP contribution >= 0.6 is 0 Å². The topological polar surface area (TPSA) is 78.4 Å². The lowest BCUT2D eigenvalue weighted by molar-refractivity contribution is -0.138. The molecule has 0 saturated carbocycles. The maximum atomic E-state index is 11.4. The Hall–Kier alpha value is -1.26. The van der Waals surface area contributed by atoms with Gasteiger partial charge in [-0.3, -0.25) is 4.79 Å². The van der Waals surface area contributed by atoms with Crippen LogP contribution in [-0.2, 0) is 4.79 Å². The van der Waals surface area contributed by atoms with Crippen LogP contribution in [-0.4, -0.2) is 30.2 Å². The molecule has 1 unspecified atom stereocenters. The van der Waals surface area contributed by atoms with Crippen molar-refractivity contribution in [3.63, 3.8) is 0 Å². The van der Waals surface area contributed by atoms with Crippen molar-refractivity contribution < 1.29 is 14.7 Å². The van der Waals surface area contributed by atoms with E-state index in [9.17, 15) is 9.59 Å². The van der Waals surface area contributed by atoms with E-state index in [1.807, 2.05) is 27.7 Å². The van der Waals surface area contributed by atoms with Crippen LogP contribution in [0, 0.1) is 11.3 Å². The van der Waals surface area contributed by atoms with E-state index in [0.717, 1.165) is 6.42 Å². The van der Waals surface area contributed by atoms with Gasteiger partial charge < -0.3 is 15.7 Å². The summed E-state index contributed by atoms with van der Waals surface area (Å²) in [6.45, 7) is 9.02. The fraction of sp³-hybridized carbons (Fsp3) is 0.833. The predicted molar refractivity (Wildman–Crippen MR) is 66.9 cm³/mol. The van der Waals surface area contributed by atoms with E-state index in [2.05, 4.69) is 10.6 Å². The van der Waals surface area contributed by atoms with Crippen LogP contribution < -0.4 is 10.6 Å². The molecule has 0 fully saturated rings. The van der Waals surface area contributed by atoms with Gasteiger partial charge in [-0.1, -0.05) is 34.1 Å². The molecule has 0 saturated heterocycles. The Labute approximate surface area is 103 Å². The predicted octanol–water partition coefficient (Wildman–Crippen LogP) is 1.83. The molecule has 0 aromatic carbocycles. The first kappa shape index (κ1) is 15.7. The number of carbonyl (C=O) groups is 2. The number of carbonyl (C=O) groups excluding carboxylic acids is 1. The summed E-state index contributed by atoms with van der Waals surface area (Å²) in [5.41, 5.74) is 0.0442. The molecule has 100 valence electrons. The van der Waals surface area contributed by atoms with Crippen molar-refractivity contribution in [3.05, 3.63) is 0 Å². The van der Waals surface area contributed by atoms with Gasteiger partial charge in [0.25, 0.3) is 0 Å². The zero-order valence-corrected chi connectivity index (χ0v) is 11.2. The third-order valence-electron chi connectivity index (χ3n) is 2.37. The fourth-order valence-electron chi connectivity index (χ4n) is 1.25. The molecule has 5 heteroatoms. The third-order valence-corrected chi connectivity index (χ3v) is 2.37. The Morgan fingerprint density at radius 1 is 1.24 bits per heavy atom. The van der Waals surface area contributed by atoms with Crippen LogP contribution in [0.1, 0.15) is 40.5 Å². The van der Waals surface area contributed by atoms with Gasteiger partial charge in [-0.05, 0) is 11.3 Å². The summed E-state index contributed by atoms with van der Waals surface area (Å²) in [5.74, 6) is -0.832. The van der Waals surface area contributed by atoms with Gasteiger partial charge in [0, 0.05) is 19.5 Å². The standard InChI is InChI=1S/C12H24N2O3/c1-5-9(6-10(15)16)7-13-11(17)14-8-12(2,3)4/h9H,5-8H2,1-4H3,(H,15,16)(H2,13,14,17). The normalized spacial score (nSPS) is 12.9. The molecule has 0 aromatic heterocycles. The minimum Gasteiger partial charge on any atom is -0.481 e. The molecule has 0 aliphatic carbocycles. The molecule has 0 radical (unpaired) electrons. The highest BCUT2D eigenvalue weighted by Crippen LogP contribution is 2.10. The zero-order valence-electron chi connectivity index (χ0n) is 11.2. The second-order valence-electron chi connectivity index (χ2n) is 5.50. The number of amides is 2. The SMILES string of the molecule is CCC(CNC(=O)NCC(C)(C)C)CC(=O)O. The zero-order chi connectivity index (χ0) is 13.5. The summed E-state index contributed by atoms with van der Waals surface area (Å²) in [6, 6.07) is -0.233. The van der Waals surface area contributed by atoms with Crippen LogP contribution in [0.2, 0.25) is 0 Å². The summed E-state index contributed by atoms with van der Waals surface area (Å²) in [4.78, 5) is 22.0. The van der Waals surface area contributed by atoms with Crippen molar-refractivity contribution in [2.75, 3.05) is 13.1 Å². The monoisotopic (exact) mass is 244 g/mol. The van der Waals surface area contributed by atoms with Crippen LogP contribution in [0.25, 0.3) is 0 Å². The van der Waals surface area contributed by atoms with Crippen molar-refractivity contribution in [1.29, 1.82) is 0 Å². The van der Waals surface area contributed by atoms with E-state index in [1.54, 1.807) is 0 Å². The summed E-state index contributed by atoms with van der Waals surface area (Å²) in [5, 5.41) is 14.1. The minimum absolute atomic E-state index is 0.00659. The van der Waals surface area contributed by atoms with Crippen molar-refractivity contribution in [2.45, 2.75) is 40.5 Å². The van der Waals surface area contributed by atoms with E-state index >= 15 is 0 Å². The minimum atomic E-state index is -0.825. The van der Waals surface area contributed by atoms with E-state index in [0.29, 0.717) is 13.1 Å². The lowest BCUT2D eigenvalue weighted by Gasteiger charge is -2.20. The lowest BCUT2D eigenvalue weighted by atomic mass is 9.97. The number of carboxylic acid groups (broad SMARTS) is 1. The summed E-state index contributed by atoms with van der Waals surface area (Å²) < 4.78 is 0. The second kappa shape index (κ2) is 7.14. The Kier molecular flexibility index (Phi) is 6.61. The number of nitrogens with one attached hydrogen (secondary N) is 2. The van der Waals surface area contributed by atoms with Gasteiger partial charge in [0.2, 0.25) is 0 Å². The number of carboxylic acids is 1. The highest BCUT2D eigenvalue weighted by Gasteiger charge is 2.14. The Bertz CT molecular complexity index is 259.